The van der Waals surface area contributed by atoms with Crippen molar-refractivity contribution < 1.29 is 14.4 Å². The first-order valence-corrected chi connectivity index (χ1v) is 6.00. The first-order chi connectivity index (χ1) is 8.24. The zero-order valence-electron chi connectivity index (χ0n) is 9.69. The average molecular weight is 239 g/mol. The molecule has 0 radical (unpaired) electrons. The molecule has 2 rings (SSSR count). The molecule has 1 saturated heterocycles. The van der Waals surface area contributed by atoms with Crippen molar-refractivity contribution in [2.75, 3.05) is 6.54 Å². The summed E-state index contributed by atoms with van der Waals surface area (Å²) in [5.74, 6) is 0.244. The summed E-state index contributed by atoms with van der Waals surface area (Å²) < 4.78 is 5.11. The predicted molar refractivity (Wildman–Crippen MR) is 59.6 cm³/mol. The molecule has 1 aromatic heterocycles. The zero-order valence-corrected chi connectivity index (χ0v) is 9.69. The quantitative estimate of drug-likeness (QED) is 0.789. The second kappa shape index (κ2) is 5.77. The molecule has 0 aliphatic carbocycles. The molecule has 1 atom stereocenters. The Labute approximate surface area is 99.4 Å². The third kappa shape index (κ3) is 3.81. The summed E-state index contributed by atoms with van der Waals surface area (Å²) in [6.07, 6.45) is 4.70. The number of piperidine rings is 1. The summed E-state index contributed by atoms with van der Waals surface area (Å²) in [4.78, 5) is 14.6. The SMILES string of the molecule is O=C(O)CCc1noc(CC2CCCCN2)n1. The van der Waals surface area contributed by atoms with Crippen LogP contribution in [-0.4, -0.2) is 33.8 Å². The normalized spacial score (nSPS) is 20.4. The van der Waals surface area contributed by atoms with Gasteiger partial charge in [-0.25, -0.2) is 0 Å². The van der Waals surface area contributed by atoms with Gasteiger partial charge in [-0.05, 0) is 19.4 Å². The van der Waals surface area contributed by atoms with Crippen molar-refractivity contribution in [3.05, 3.63) is 11.7 Å². The van der Waals surface area contributed by atoms with E-state index in [1.807, 2.05) is 0 Å². The lowest BCUT2D eigenvalue weighted by molar-refractivity contribution is -0.137. The Balaban J connectivity index is 1.82. The lowest BCUT2D eigenvalue weighted by Gasteiger charge is -2.21. The van der Waals surface area contributed by atoms with E-state index < -0.39 is 5.97 Å². The summed E-state index contributed by atoms with van der Waals surface area (Å²) in [7, 11) is 0. The van der Waals surface area contributed by atoms with Crippen molar-refractivity contribution in [2.24, 2.45) is 0 Å². The highest BCUT2D eigenvalue weighted by molar-refractivity contribution is 5.66. The van der Waals surface area contributed by atoms with Gasteiger partial charge in [0.05, 0.1) is 6.42 Å². The number of rotatable bonds is 5. The molecule has 0 bridgehead atoms. The number of aryl methyl sites for hydroxylation is 1. The summed E-state index contributed by atoms with van der Waals surface area (Å²) in [5.41, 5.74) is 0. The predicted octanol–water partition coefficient (Wildman–Crippen LogP) is 0.771. The van der Waals surface area contributed by atoms with Gasteiger partial charge in [-0.15, -0.1) is 0 Å². The molecule has 0 amide bonds. The van der Waals surface area contributed by atoms with E-state index in [1.54, 1.807) is 0 Å². The Morgan fingerprint density at radius 3 is 3.12 bits per heavy atom. The van der Waals surface area contributed by atoms with E-state index in [0.717, 1.165) is 19.4 Å². The zero-order chi connectivity index (χ0) is 12.1. The molecular formula is C11H17N3O3. The monoisotopic (exact) mass is 239 g/mol. The largest absolute Gasteiger partial charge is 0.481 e. The Hall–Kier alpha value is -1.43. The minimum absolute atomic E-state index is 0.0423. The summed E-state index contributed by atoms with van der Waals surface area (Å²) >= 11 is 0. The summed E-state index contributed by atoms with van der Waals surface area (Å²) in [5, 5.41) is 15.7. The molecule has 1 aliphatic heterocycles. The van der Waals surface area contributed by atoms with E-state index >= 15 is 0 Å². The number of carbonyl (C=O) groups is 1. The first-order valence-electron chi connectivity index (χ1n) is 6.00. The van der Waals surface area contributed by atoms with Crippen LogP contribution in [0.15, 0.2) is 4.52 Å². The molecule has 6 nitrogen and oxygen atoms in total. The Kier molecular flexibility index (Phi) is 4.08. The van der Waals surface area contributed by atoms with Gasteiger partial charge in [0.25, 0.3) is 0 Å². The molecule has 0 spiro atoms. The number of nitrogens with one attached hydrogen (secondary N) is 1. The maximum atomic E-state index is 10.4. The van der Waals surface area contributed by atoms with E-state index in [-0.39, 0.29) is 6.42 Å². The highest BCUT2D eigenvalue weighted by Crippen LogP contribution is 2.12. The van der Waals surface area contributed by atoms with E-state index in [1.165, 1.54) is 12.8 Å². The second-order valence-corrected chi connectivity index (χ2v) is 4.35. The number of carboxylic acids is 1. The highest BCUT2D eigenvalue weighted by Gasteiger charge is 2.17. The van der Waals surface area contributed by atoms with Crippen molar-refractivity contribution >= 4 is 5.97 Å². The maximum Gasteiger partial charge on any atom is 0.303 e. The lowest BCUT2D eigenvalue weighted by Crippen LogP contribution is -2.35. The Morgan fingerprint density at radius 2 is 2.41 bits per heavy atom. The minimum atomic E-state index is -0.842. The van der Waals surface area contributed by atoms with Gasteiger partial charge in [0, 0.05) is 18.9 Å². The maximum absolute atomic E-state index is 10.4. The fourth-order valence-electron chi connectivity index (χ4n) is 2.00. The fraction of sp³-hybridized carbons (Fsp3) is 0.727. The van der Waals surface area contributed by atoms with Gasteiger partial charge in [-0.2, -0.15) is 4.98 Å². The van der Waals surface area contributed by atoms with Crippen molar-refractivity contribution in [3.63, 3.8) is 0 Å². The van der Waals surface area contributed by atoms with Gasteiger partial charge in [-0.3, -0.25) is 4.79 Å². The molecular weight excluding hydrogens is 222 g/mol. The standard InChI is InChI=1S/C11H17N3O3/c15-11(16)5-4-9-13-10(17-14-9)7-8-3-1-2-6-12-8/h8,12H,1-7H2,(H,15,16). The first kappa shape index (κ1) is 12.0. The van der Waals surface area contributed by atoms with E-state index in [0.29, 0.717) is 24.2 Å². The molecule has 17 heavy (non-hydrogen) atoms. The number of hydrogen-bond acceptors (Lipinski definition) is 5. The van der Waals surface area contributed by atoms with Crippen LogP contribution >= 0.6 is 0 Å². The Morgan fingerprint density at radius 1 is 1.53 bits per heavy atom. The van der Waals surface area contributed by atoms with Crippen molar-refractivity contribution in [1.82, 2.24) is 15.5 Å². The third-order valence-corrected chi connectivity index (χ3v) is 2.91. The lowest BCUT2D eigenvalue weighted by atomic mass is 10.0. The van der Waals surface area contributed by atoms with E-state index in [4.69, 9.17) is 9.63 Å². The van der Waals surface area contributed by atoms with Crippen LogP contribution in [0.25, 0.3) is 0 Å². The number of aromatic nitrogens is 2. The van der Waals surface area contributed by atoms with Crippen LogP contribution in [0, 0.1) is 0 Å². The van der Waals surface area contributed by atoms with Crippen LogP contribution in [-0.2, 0) is 17.6 Å². The van der Waals surface area contributed by atoms with E-state index in [2.05, 4.69) is 15.5 Å². The van der Waals surface area contributed by atoms with Crippen LogP contribution in [0.4, 0.5) is 0 Å². The van der Waals surface area contributed by atoms with Crippen molar-refractivity contribution in [3.8, 4) is 0 Å². The number of aliphatic carboxylic acids is 1. The smallest absolute Gasteiger partial charge is 0.303 e. The van der Waals surface area contributed by atoms with Gasteiger partial charge in [0.1, 0.15) is 0 Å². The van der Waals surface area contributed by atoms with Crippen LogP contribution < -0.4 is 5.32 Å². The minimum Gasteiger partial charge on any atom is -0.481 e. The van der Waals surface area contributed by atoms with Gasteiger partial charge < -0.3 is 14.9 Å². The van der Waals surface area contributed by atoms with Crippen LogP contribution in [0.1, 0.15) is 37.4 Å². The second-order valence-electron chi connectivity index (χ2n) is 4.35. The molecule has 2 heterocycles. The summed E-state index contributed by atoms with van der Waals surface area (Å²) in [6, 6.07) is 0.413. The molecule has 2 N–H and O–H groups in total. The van der Waals surface area contributed by atoms with Crippen LogP contribution in [0.2, 0.25) is 0 Å². The molecule has 0 aromatic carbocycles. The molecule has 1 aliphatic rings. The molecule has 1 fully saturated rings. The summed E-state index contributed by atoms with van der Waals surface area (Å²) in [6.45, 7) is 1.05. The van der Waals surface area contributed by atoms with Crippen LogP contribution in [0.3, 0.4) is 0 Å². The molecule has 0 saturated carbocycles. The molecule has 1 aromatic rings. The van der Waals surface area contributed by atoms with Crippen molar-refractivity contribution in [2.45, 2.75) is 44.6 Å². The molecule has 1 unspecified atom stereocenters. The van der Waals surface area contributed by atoms with Crippen molar-refractivity contribution in [1.29, 1.82) is 0 Å². The fourth-order valence-corrected chi connectivity index (χ4v) is 2.00. The number of hydrogen-bond donors (Lipinski definition) is 2. The van der Waals surface area contributed by atoms with Gasteiger partial charge >= 0.3 is 5.97 Å². The topological polar surface area (TPSA) is 88.2 Å². The van der Waals surface area contributed by atoms with Gasteiger partial charge in [-0.1, -0.05) is 11.6 Å². The number of nitrogens with zero attached hydrogens (tertiary/aromatic N) is 2. The Bertz CT molecular complexity index is 372. The molecule has 94 valence electrons. The van der Waals surface area contributed by atoms with Gasteiger partial charge in [0.2, 0.25) is 5.89 Å². The average Bonchev–Trinajstić information content (AvgIpc) is 2.75. The van der Waals surface area contributed by atoms with E-state index in [9.17, 15) is 4.79 Å². The van der Waals surface area contributed by atoms with Gasteiger partial charge in [0.15, 0.2) is 5.82 Å². The third-order valence-electron chi connectivity index (χ3n) is 2.91. The van der Waals surface area contributed by atoms with Crippen LogP contribution in [0.5, 0.6) is 0 Å². The number of carboxylic acid groups (broad SMARTS) is 1. The highest BCUT2D eigenvalue weighted by atomic mass is 16.5. The molecule has 6 heteroatoms.